The summed E-state index contributed by atoms with van der Waals surface area (Å²) >= 11 is 0. The van der Waals surface area contributed by atoms with E-state index in [1.54, 1.807) is 12.3 Å². The number of nitrogens with zero attached hydrogens (tertiary/aromatic N) is 1. The highest BCUT2D eigenvalue weighted by molar-refractivity contribution is 5.81. The van der Waals surface area contributed by atoms with Crippen LogP contribution in [-0.2, 0) is 17.2 Å². The summed E-state index contributed by atoms with van der Waals surface area (Å²) in [5.74, 6) is 0. The highest BCUT2D eigenvalue weighted by Gasteiger charge is 2.45. The molecule has 1 heterocycles. The Hall–Kier alpha value is -2.41. The molecule has 3 aromatic rings. The topological polar surface area (TPSA) is 12.9 Å². The zero-order valence-electron chi connectivity index (χ0n) is 20.7. The Kier molecular flexibility index (Phi) is 3.94. The van der Waals surface area contributed by atoms with Gasteiger partial charge in [-0.1, -0.05) is 84.9 Å². The molecule has 29 heavy (non-hydrogen) atoms. The number of hydrogen-bond donors (Lipinski definition) is 0. The van der Waals surface area contributed by atoms with Crippen LogP contribution in [0.2, 0.25) is 0 Å². The van der Waals surface area contributed by atoms with Gasteiger partial charge < -0.3 is 0 Å². The summed E-state index contributed by atoms with van der Waals surface area (Å²) in [7, 11) is 0. The van der Waals surface area contributed by atoms with Crippen LogP contribution in [0.15, 0.2) is 60.8 Å². The summed E-state index contributed by atoms with van der Waals surface area (Å²) in [5.41, 5.74) is 7.25. The zero-order chi connectivity index (χ0) is 22.8. The van der Waals surface area contributed by atoms with Gasteiger partial charge in [0.25, 0.3) is 0 Å². The highest BCUT2D eigenvalue weighted by Crippen LogP contribution is 2.54. The number of aromatic nitrogens is 1. The lowest BCUT2D eigenvalue weighted by Crippen LogP contribution is -2.43. The van der Waals surface area contributed by atoms with E-state index in [0.717, 1.165) is 11.3 Å². The number of hydrogen-bond acceptors (Lipinski definition) is 1. The van der Waals surface area contributed by atoms with Crippen LogP contribution in [0, 0.1) is 5.41 Å². The van der Waals surface area contributed by atoms with Crippen LogP contribution in [0.25, 0.3) is 22.4 Å². The molecule has 0 saturated carbocycles. The maximum absolute atomic E-state index is 8.66. The van der Waals surface area contributed by atoms with Gasteiger partial charge in [0.15, 0.2) is 0 Å². The normalized spacial score (nSPS) is 18.3. The van der Waals surface area contributed by atoms with Crippen LogP contribution in [0.5, 0.6) is 0 Å². The van der Waals surface area contributed by atoms with E-state index in [2.05, 4.69) is 75.1 Å². The van der Waals surface area contributed by atoms with Crippen molar-refractivity contribution in [3.8, 4) is 22.4 Å². The molecule has 0 N–H and O–H groups in total. The van der Waals surface area contributed by atoms with Crippen molar-refractivity contribution in [2.45, 2.75) is 65.7 Å². The molecule has 0 fully saturated rings. The van der Waals surface area contributed by atoms with Crippen molar-refractivity contribution in [3.63, 3.8) is 0 Å². The molecular weight excluding hydrogens is 350 g/mol. The summed E-state index contributed by atoms with van der Waals surface area (Å²) in [4.78, 5) is 4.61. The molecule has 0 unspecified atom stereocenters. The van der Waals surface area contributed by atoms with Gasteiger partial charge in [-0.3, -0.25) is 4.98 Å². The summed E-state index contributed by atoms with van der Waals surface area (Å²) in [5, 5.41) is 0. The molecule has 1 aliphatic carbocycles. The van der Waals surface area contributed by atoms with Crippen LogP contribution >= 0.6 is 0 Å². The molecule has 1 heteroatoms. The van der Waals surface area contributed by atoms with E-state index in [9.17, 15) is 0 Å². The minimum absolute atomic E-state index is 0.0129. The molecule has 0 radical (unpaired) electrons. The van der Waals surface area contributed by atoms with E-state index in [4.69, 9.17) is 2.74 Å². The molecule has 0 atom stereocenters. The molecule has 1 aliphatic rings. The fourth-order valence-corrected chi connectivity index (χ4v) is 4.51. The Morgan fingerprint density at radius 2 is 1.48 bits per heavy atom. The summed E-state index contributed by atoms with van der Waals surface area (Å²) < 4.78 is 17.3. The first-order valence-corrected chi connectivity index (χ1v) is 10.5. The predicted octanol–water partition coefficient (Wildman–Crippen LogP) is 7.57. The lowest BCUT2D eigenvalue weighted by atomic mass is 9.55. The van der Waals surface area contributed by atoms with E-state index < -0.39 is 11.8 Å². The van der Waals surface area contributed by atoms with Gasteiger partial charge in [0.2, 0.25) is 0 Å². The quantitative estimate of drug-likeness (QED) is 0.443. The molecule has 0 saturated heterocycles. The van der Waals surface area contributed by atoms with Crippen molar-refractivity contribution in [2.75, 3.05) is 0 Å². The van der Waals surface area contributed by atoms with Gasteiger partial charge in [-0.2, -0.15) is 0 Å². The Labute approximate surface area is 179 Å². The highest BCUT2D eigenvalue weighted by atomic mass is 14.7. The lowest BCUT2D eigenvalue weighted by Gasteiger charge is -2.48. The molecular formula is C28H33N. The molecule has 1 nitrogen and oxygen atoms in total. The van der Waals surface area contributed by atoms with E-state index >= 15 is 0 Å². The molecule has 2 aromatic carbocycles. The van der Waals surface area contributed by atoms with E-state index in [1.807, 2.05) is 26.8 Å². The van der Waals surface area contributed by atoms with Crippen LogP contribution < -0.4 is 0 Å². The molecule has 0 spiro atoms. The van der Waals surface area contributed by atoms with Gasteiger partial charge in [0, 0.05) is 14.5 Å². The van der Waals surface area contributed by atoms with Crippen molar-refractivity contribution in [2.24, 2.45) is 5.41 Å². The Morgan fingerprint density at radius 3 is 2.17 bits per heavy atom. The second-order valence-electron chi connectivity index (χ2n) is 10.4. The second kappa shape index (κ2) is 6.55. The average molecular weight is 386 g/mol. The van der Waals surface area contributed by atoms with Crippen molar-refractivity contribution < 1.29 is 2.74 Å². The van der Waals surface area contributed by atoms with Crippen LogP contribution in [0.4, 0.5) is 0 Å². The lowest BCUT2D eigenvalue weighted by molar-refractivity contribution is 0.299. The maximum Gasteiger partial charge on any atom is 0.0704 e. The monoisotopic (exact) mass is 385 g/mol. The van der Waals surface area contributed by atoms with Crippen molar-refractivity contribution in [3.05, 3.63) is 77.5 Å². The summed E-state index contributed by atoms with van der Waals surface area (Å²) in [6, 6.07) is 19.1. The number of pyridine rings is 1. The largest absolute Gasteiger partial charge is 0.256 e. The Morgan fingerprint density at radius 1 is 0.828 bits per heavy atom. The number of rotatable bonds is 2. The van der Waals surface area contributed by atoms with Gasteiger partial charge in [0.05, 0.1) is 5.69 Å². The van der Waals surface area contributed by atoms with E-state index in [0.29, 0.717) is 5.56 Å². The first-order valence-electron chi connectivity index (χ1n) is 11.5. The van der Waals surface area contributed by atoms with Crippen molar-refractivity contribution >= 4 is 0 Å². The summed E-state index contributed by atoms with van der Waals surface area (Å²) in [6.07, 6.45) is 0.284. The number of fused-ring (bicyclic) bond motifs is 3. The SMILES string of the molecule is [2H]C([2H])(c1ccnc(-c2ccc3c(c2)-c2ccccc2C(C)(C)C3(C)C)c1)C(C)(C)C. The maximum atomic E-state index is 8.66. The smallest absolute Gasteiger partial charge is 0.0704 e. The Bertz CT molecular complexity index is 1150. The van der Waals surface area contributed by atoms with Crippen LogP contribution in [-0.4, -0.2) is 4.98 Å². The van der Waals surface area contributed by atoms with E-state index in [1.165, 1.54) is 22.3 Å². The standard InChI is InChI=1S/C28H33N/c1-26(2,3)18-19-14-15-29-25(16-19)20-12-13-24-22(17-20)21-10-8-9-11-23(21)27(4,5)28(24,6)7/h8-17H,18H2,1-7H3/i18D2. The average Bonchev–Trinajstić information content (AvgIpc) is 2.71. The van der Waals surface area contributed by atoms with Gasteiger partial charge in [-0.15, -0.1) is 0 Å². The van der Waals surface area contributed by atoms with Gasteiger partial charge in [0.1, 0.15) is 0 Å². The van der Waals surface area contributed by atoms with Crippen LogP contribution in [0.1, 0.15) is 67.9 Å². The van der Waals surface area contributed by atoms with E-state index in [-0.39, 0.29) is 10.8 Å². The third kappa shape index (κ3) is 3.31. The molecule has 0 amide bonds. The minimum Gasteiger partial charge on any atom is -0.256 e. The van der Waals surface area contributed by atoms with Gasteiger partial charge in [-0.25, -0.2) is 0 Å². The molecule has 1 aromatic heterocycles. The molecule has 0 aliphatic heterocycles. The molecule has 150 valence electrons. The molecule has 4 rings (SSSR count). The fourth-order valence-electron chi connectivity index (χ4n) is 4.51. The first kappa shape index (κ1) is 17.4. The zero-order valence-corrected chi connectivity index (χ0v) is 18.7. The number of benzene rings is 2. The van der Waals surface area contributed by atoms with Crippen molar-refractivity contribution in [1.29, 1.82) is 0 Å². The minimum atomic E-state index is -1.45. The van der Waals surface area contributed by atoms with Crippen LogP contribution in [0.3, 0.4) is 0 Å². The third-order valence-electron chi connectivity index (χ3n) is 6.72. The third-order valence-corrected chi connectivity index (χ3v) is 6.72. The summed E-state index contributed by atoms with van der Waals surface area (Å²) in [6.45, 7) is 15.1. The first-order chi connectivity index (χ1) is 14.3. The fraction of sp³-hybridized carbons (Fsp3) is 0.393. The molecule has 0 bridgehead atoms. The van der Waals surface area contributed by atoms with Gasteiger partial charge in [-0.05, 0) is 68.6 Å². The van der Waals surface area contributed by atoms with Gasteiger partial charge >= 0.3 is 0 Å². The van der Waals surface area contributed by atoms with Crippen molar-refractivity contribution in [1.82, 2.24) is 4.98 Å². The predicted molar refractivity (Wildman–Crippen MR) is 124 cm³/mol. The Balaban J connectivity index is 1.89. The second-order valence-corrected chi connectivity index (χ2v) is 10.4.